The molecule has 0 aliphatic heterocycles. The highest BCUT2D eigenvalue weighted by atomic mass is 79.9. The van der Waals surface area contributed by atoms with Crippen molar-refractivity contribution in [2.75, 3.05) is 5.32 Å². The van der Waals surface area contributed by atoms with Crippen molar-refractivity contribution in [1.82, 2.24) is 4.57 Å². The van der Waals surface area contributed by atoms with Gasteiger partial charge in [0.15, 0.2) is 0 Å². The molecule has 0 atom stereocenters. The van der Waals surface area contributed by atoms with Gasteiger partial charge in [-0.2, -0.15) is 5.26 Å². The van der Waals surface area contributed by atoms with Crippen LogP contribution in [0.4, 0.5) is 5.69 Å². The molecule has 0 aliphatic rings. The number of amides is 1. The third-order valence-corrected chi connectivity index (χ3v) is 3.29. The van der Waals surface area contributed by atoms with Gasteiger partial charge < -0.3 is 9.88 Å². The van der Waals surface area contributed by atoms with E-state index in [9.17, 15) is 9.59 Å². The van der Waals surface area contributed by atoms with Gasteiger partial charge in [-0.15, -0.1) is 0 Å². The Hall–Kier alpha value is -2.39. The molecule has 6 heteroatoms. The number of hydrogen-bond donors (Lipinski definition) is 1. The quantitative estimate of drug-likeness (QED) is 0.935. The number of nitriles is 1. The van der Waals surface area contributed by atoms with E-state index in [0.29, 0.717) is 5.69 Å². The summed E-state index contributed by atoms with van der Waals surface area (Å²) in [7, 11) is 0. The second-order valence-corrected chi connectivity index (χ2v) is 4.85. The number of anilines is 1. The molecule has 2 aromatic rings. The topological polar surface area (TPSA) is 74.9 Å². The van der Waals surface area contributed by atoms with Crippen LogP contribution >= 0.6 is 15.9 Å². The van der Waals surface area contributed by atoms with Crippen LogP contribution in [0, 0.1) is 11.3 Å². The summed E-state index contributed by atoms with van der Waals surface area (Å²) in [6, 6.07) is 12.0. The first-order valence-corrected chi connectivity index (χ1v) is 6.55. The molecule has 20 heavy (non-hydrogen) atoms. The van der Waals surface area contributed by atoms with E-state index in [1.165, 1.54) is 16.8 Å². The van der Waals surface area contributed by atoms with E-state index in [-0.39, 0.29) is 18.0 Å². The van der Waals surface area contributed by atoms with Crippen LogP contribution in [0.5, 0.6) is 0 Å². The molecule has 1 heterocycles. The van der Waals surface area contributed by atoms with Crippen molar-refractivity contribution in [3.8, 4) is 6.07 Å². The molecule has 2 rings (SSSR count). The Morgan fingerprint density at radius 3 is 2.75 bits per heavy atom. The zero-order chi connectivity index (χ0) is 14.5. The third-order valence-electron chi connectivity index (χ3n) is 2.60. The fourth-order valence-corrected chi connectivity index (χ4v) is 2.04. The van der Waals surface area contributed by atoms with Crippen LogP contribution in [0.15, 0.2) is 51.9 Å². The fourth-order valence-electron chi connectivity index (χ4n) is 1.65. The molecule has 1 N–H and O–H groups in total. The van der Waals surface area contributed by atoms with Crippen molar-refractivity contribution in [2.45, 2.75) is 6.54 Å². The van der Waals surface area contributed by atoms with Crippen LogP contribution in [-0.4, -0.2) is 10.5 Å². The van der Waals surface area contributed by atoms with Gasteiger partial charge in [0, 0.05) is 10.7 Å². The third kappa shape index (κ3) is 3.13. The Kier molecular flexibility index (Phi) is 4.33. The molecule has 5 nitrogen and oxygen atoms in total. The summed E-state index contributed by atoms with van der Waals surface area (Å²) in [6.45, 7) is -0.143. The molecule has 0 radical (unpaired) electrons. The minimum absolute atomic E-state index is 0.0150. The molecule has 0 saturated heterocycles. The zero-order valence-corrected chi connectivity index (χ0v) is 11.9. The minimum Gasteiger partial charge on any atom is -0.324 e. The molecule has 100 valence electrons. The normalized spacial score (nSPS) is 9.80. The number of rotatable bonds is 3. The summed E-state index contributed by atoms with van der Waals surface area (Å²) in [6.07, 6.45) is 1.47. The second kappa shape index (κ2) is 6.17. The van der Waals surface area contributed by atoms with Gasteiger partial charge in [0.25, 0.3) is 5.56 Å². The van der Waals surface area contributed by atoms with Gasteiger partial charge in [-0.1, -0.05) is 12.1 Å². The predicted molar refractivity (Wildman–Crippen MR) is 78.2 cm³/mol. The van der Waals surface area contributed by atoms with Crippen LogP contribution in [-0.2, 0) is 11.3 Å². The van der Waals surface area contributed by atoms with E-state index >= 15 is 0 Å². The van der Waals surface area contributed by atoms with E-state index in [4.69, 9.17) is 5.26 Å². The predicted octanol–water partition coefficient (Wildman–Crippen LogP) is 2.12. The Balaban J connectivity index is 2.16. The summed E-state index contributed by atoms with van der Waals surface area (Å²) in [5, 5.41) is 11.5. The summed E-state index contributed by atoms with van der Waals surface area (Å²) < 4.78 is 1.96. The van der Waals surface area contributed by atoms with Crippen LogP contribution < -0.4 is 10.9 Å². The SMILES string of the molecule is N#Cc1cccn(CC(=O)Nc2ccccc2Br)c1=O. The molecule has 0 spiro atoms. The number of nitrogens with zero attached hydrogens (tertiary/aromatic N) is 2. The number of pyridine rings is 1. The van der Waals surface area contributed by atoms with E-state index in [1.807, 2.05) is 6.07 Å². The van der Waals surface area contributed by atoms with Gasteiger partial charge in [0.2, 0.25) is 5.91 Å². The van der Waals surface area contributed by atoms with Crippen LogP contribution in [0.25, 0.3) is 0 Å². The number of para-hydroxylation sites is 1. The lowest BCUT2D eigenvalue weighted by atomic mass is 10.3. The first-order valence-electron chi connectivity index (χ1n) is 5.76. The number of benzene rings is 1. The van der Waals surface area contributed by atoms with Gasteiger partial charge >= 0.3 is 0 Å². The van der Waals surface area contributed by atoms with Gasteiger partial charge in [0.1, 0.15) is 18.2 Å². The number of nitrogens with one attached hydrogen (secondary N) is 1. The molecule has 1 aromatic heterocycles. The fraction of sp³-hybridized carbons (Fsp3) is 0.0714. The minimum atomic E-state index is -0.475. The maximum Gasteiger partial charge on any atom is 0.268 e. The van der Waals surface area contributed by atoms with Crippen molar-refractivity contribution in [3.63, 3.8) is 0 Å². The van der Waals surface area contributed by atoms with E-state index in [0.717, 1.165) is 4.47 Å². The average Bonchev–Trinajstić information content (AvgIpc) is 2.44. The summed E-state index contributed by atoms with van der Waals surface area (Å²) in [5.74, 6) is -0.339. The summed E-state index contributed by atoms with van der Waals surface area (Å²) >= 11 is 3.32. The molecule has 0 fully saturated rings. The maximum absolute atomic E-state index is 11.9. The number of halogens is 1. The molecule has 1 aromatic carbocycles. The highest BCUT2D eigenvalue weighted by Crippen LogP contribution is 2.20. The molecular formula is C14H10BrN3O2. The van der Waals surface area contributed by atoms with Crippen molar-refractivity contribution in [1.29, 1.82) is 5.26 Å². The molecule has 1 amide bonds. The van der Waals surface area contributed by atoms with Crippen LogP contribution in [0.1, 0.15) is 5.56 Å². The first-order chi connectivity index (χ1) is 9.61. The average molecular weight is 332 g/mol. The van der Waals surface area contributed by atoms with Crippen molar-refractivity contribution >= 4 is 27.5 Å². The number of aromatic nitrogens is 1. The highest BCUT2D eigenvalue weighted by molar-refractivity contribution is 9.10. The van der Waals surface area contributed by atoms with Crippen molar-refractivity contribution < 1.29 is 4.79 Å². The Morgan fingerprint density at radius 2 is 2.05 bits per heavy atom. The van der Waals surface area contributed by atoms with Gasteiger partial charge in [0.05, 0.1) is 5.69 Å². The summed E-state index contributed by atoms with van der Waals surface area (Å²) in [4.78, 5) is 23.7. The van der Waals surface area contributed by atoms with Crippen molar-refractivity contribution in [2.24, 2.45) is 0 Å². The lowest BCUT2D eigenvalue weighted by Crippen LogP contribution is -2.28. The molecular weight excluding hydrogens is 322 g/mol. The molecule has 0 bridgehead atoms. The Bertz CT molecular complexity index is 747. The lowest BCUT2D eigenvalue weighted by molar-refractivity contribution is -0.116. The molecule has 0 aliphatic carbocycles. The lowest BCUT2D eigenvalue weighted by Gasteiger charge is -2.08. The van der Waals surface area contributed by atoms with Gasteiger partial charge in [-0.3, -0.25) is 9.59 Å². The van der Waals surface area contributed by atoms with Gasteiger partial charge in [-0.05, 0) is 40.2 Å². The Labute approximate surface area is 123 Å². The first kappa shape index (κ1) is 14.0. The number of carbonyl (C=O) groups is 1. The molecule has 0 saturated carbocycles. The number of carbonyl (C=O) groups excluding carboxylic acids is 1. The Morgan fingerprint density at radius 1 is 1.30 bits per heavy atom. The zero-order valence-electron chi connectivity index (χ0n) is 10.3. The van der Waals surface area contributed by atoms with Gasteiger partial charge in [-0.25, -0.2) is 0 Å². The maximum atomic E-state index is 11.9. The van der Waals surface area contributed by atoms with Crippen molar-refractivity contribution in [3.05, 3.63) is 63.0 Å². The van der Waals surface area contributed by atoms with Crippen LogP contribution in [0.2, 0.25) is 0 Å². The van der Waals surface area contributed by atoms with E-state index in [2.05, 4.69) is 21.2 Å². The van der Waals surface area contributed by atoms with E-state index in [1.54, 1.807) is 30.3 Å². The monoisotopic (exact) mass is 331 g/mol. The van der Waals surface area contributed by atoms with Crippen LogP contribution in [0.3, 0.4) is 0 Å². The van der Waals surface area contributed by atoms with E-state index < -0.39 is 5.56 Å². The number of hydrogen-bond acceptors (Lipinski definition) is 3. The second-order valence-electron chi connectivity index (χ2n) is 3.99. The largest absolute Gasteiger partial charge is 0.324 e. The molecule has 0 unspecified atom stereocenters. The standard InChI is InChI=1S/C14H10BrN3O2/c15-11-5-1-2-6-12(11)17-13(19)9-18-7-3-4-10(8-16)14(18)20/h1-7H,9H2,(H,17,19). The highest BCUT2D eigenvalue weighted by Gasteiger charge is 2.08. The smallest absolute Gasteiger partial charge is 0.268 e. The summed E-state index contributed by atoms with van der Waals surface area (Å²) in [5.41, 5.74) is 0.167.